The van der Waals surface area contributed by atoms with Gasteiger partial charge in [-0.05, 0) is 0 Å². The fourth-order valence-corrected chi connectivity index (χ4v) is 2.25. The predicted octanol–water partition coefficient (Wildman–Crippen LogP) is 3.23. The van der Waals surface area contributed by atoms with Gasteiger partial charge in [-0.3, -0.25) is 0 Å². The van der Waals surface area contributed by atoms with Gasteiger partial charge in [0.1, 0.15) is 0 Å². The van der Waals surface area contributed by atoms with E-state index in [2.05, 4.69) is 30.3 Å². The normalized spacial score (nSPS) is 10.4. The molecule has 14 heavy (non-hydrogen) atoms. The molecule has 1 unspecified atom stereocenters. The molecule has 0 nitrogen and oxygen atoms in total. The standard InChI is InChI=1S/C13H21As/c14-12-8-3-1-2-5-9-13-10-6-4-7-11-13/h4,6-7,10-11H,1-3,5,8-9,12,14H2. The summed E-state index contributed by atoms with van der Waals surface area (Å²) in [4.78, 5) is 0. The van der Waals surface area contributed by atoms with Crippen LogP contribution in [0.1, 0.15) is 37.7 Å². The molecule has 0 radical (unpaired) electrons. The molecule has 1 atom stereocenters. The van der Waals surface area contributed by atoms with Crippen molar-refractivity contribution >= 4 is 16.9 Å². The first-order chi connectivity index (χ1) is 6.93. The van der Waals surface area contributed by atoms with Crippen LogP contribution in [0.15, 0.2) is 30.3 Å². The molecule has 0 aliphatic rings. The van der Waals surface area contributed by atoms with Crippen molar-refractivity contribution in [3.05, 3.63) is 35.9 Å². The van der Waals surface area contributed by atoms with Crippen molar-refractivity contribution in [3.8, 4) is 0 Å². The Morgan fingerprint density at radius 2 is 1.43 bits per heavy atom. The van der Waals surface area contributed by atoms with Crippen LogP contribution in [0.3, 0.4) is 0 Å². The van der Waals surface area contributed by atoms with Crippen molar-refractivity contribution < 1.29 is 0 Å². The monoisotopic (exact) mass is 252 g/mol. The van der Waals surface area contributed by atoms with Crippen LogP contribution in [0.2, 0.25) is 5.21 Å². The Morgan fingerprint density at radius 3 is 2.14 bits per heavy atom. The predicted molar refractivity (Wildman–Crippen MR) is 66.6 cm³/mol. The molecule has 0 spiro atoms. The van der Waals surface area contributed by atoms with Gasteiger partial charge in [-0.1, -0.05) is 0 Å². The average Bonchev–Trinajstić information content (AvgIpc) is 2.25. The Labute approximate surface area is 96.6 Å². The average molecular weight is 252 g/mol. The molecule has 0 aliphatic carbocycles. The molecule has 0 aromatic heterocycles. The van der Waals surface area contributed by atoms with Crippen LogP contribution in [0, 0.1) is 0 Å². The maximum atomic E-state index is 2.23. The van der Waals surface area contributed by atoms with E-state index in [4.69, 9.17) is 0 Å². The number of hydrogen-bond donors (Lipinski definition) is 0. The maximum absolute atomic E-state index is 2.23. The van der Waals surface area contributed by atoms with Crippen LogP contribution in [0.4, 0.5) is 0 Å². The summed E-state index contributed by atoms with van der Waals surface area (Å²) in [5, 5.41) is 1.41. The second kappa shape index (κ2) is 8.12. The van der Waals surface area contributed by atoms with E-state index in [1.165, 1.54) is 49.3 Å². The van der Waals surface area contributed by atoms with E-state index in [-0.39, 0.29) is 0 Å². The van der Waals surface area contributed by atoms with Crippen molar-refractivity contribution in [3.63, 3.8) is 0 Å². The number of hydrogen-bond acceptors (Lipinski definition) is 0. The fraction of sp³-hybridized carbons (Fsp3) is 0.538. The summed E-state index contributed by atoms with van der Waals surface area (Å²) >= 11 is 1.87. The molecule has 0 heterocycles. The van der Waals surface area contributed by atoms with Gasteiger partial charge < -0.3 is 0 Å². The zero-order chi connectivity index (χ0) is 10.1. The van der Waals surface area contributed by atoms with Crippen molar-refractivity contribution in [1.82, 2.24) is 0 Å². The van der Waals surface area contributed by atoms with E-state index in [0.29, 0.717) is 0 Å². The molecule has 78 valence electrons. The first kappa shape index (κ1) is 11.9. The Kier molecular flexibility index (Phi) is 6.87. The Bertz CT molecular complexity index is 218. The van der Waals surface area contributed by atoms with Crippen LogP contribution >= 0.6 is 0 Å². The zero-order valence-electron chi connectivity index (χ0n) is 8.91. The third-order valence-corrected chi connectivity index (χ3v) is 3.37. The minimum absolute atomic E-state index is 1.26. The quantitative estimate of drug-likeness (QED) is 0.516. The van der Waals surface area contributed by atoms with Gasteiger partial charge in [0.05, 0.1) is 0 Å². The van der Waals surface area contributed by atoms with Crippen LogP contribution in [-0.4, -0.2) is 16.9 Å². The Hall–Kier alpha value is -0.222. The molecular formula is C13H21As. The molecular weight excluding hydrogens is 231 g/mol. The van der Waals surface area contributed by atoms with Crippen LogP contribution in [0.25, 0.3) is 0 Å². The molecule has 1 aromatic carbocycles. The number of benzene rings is 1. The van der Waals surface area contributed by atoms with Crippen LogP contribution < -0.4 is 0 Å². The van der Waals surface area contributed by atoms with Gasteiger partial charge in [0.15, 0.2) is 0 Å². The zero-order valence-corrected chi connectivity index (χ0v) is 11.3. The molecule has 1 aromatic rings. The fourth-order valence-electron chi connectivity index (χ4n) is 1.65. The van der Waals surface area contributed by atoms with E-state index in [1.807, 2.05) is 16.9 Å². The number of rotatable bonds is 7. The van der Waals surface area contributed by atoms with Crippen molar-refractivity contribution in [2.24, 2.45) is 0 Å². The van der Waals surface area contributed by atoms with Crippen molar-refractivity contribution in [1.29, 1.82) is 0 Å². The van der Waals surface area contributed by atoms with E-state index in [1.54, 1.807) is 0 Å². The SMILES string of the molecule is [AsH2]CCCCCCCc1ccccc1. The third kappa shape index (κ3) is 5.50. The van der Waals surface area contributed by atoms with Gasteiger partial charge in [-0.25, -0.2) is 0 Å². The summed E-state index contributed by atoms with van der Waals surface area (Å²) in [6.45, 7) is 0. The number of aryl methyl sites for hydroxylation is 1. The van der Waals surface area contributed by atoms with E-state index < -0.39 is 0 Å². The molecule has 0 saturated heterocycles. The van der Waals surface area contributed by atoms with E-state index >= 15 is 0 Å². The van der Waals surface area contributed by atoms with Gasteiger partial charge in [0, 0.05) is 0 Å². The molecule has 1 heteroatoms. The summed E-state index contributed by atoms with van der Waals surface area (Å²) in [5.74, 6) is 0. The molecule has 0 bridgehead atoms. The van der Waals surface area contributed by atoms with Crippen molar-refractivity contribution in [2.45, 2.75) is 43.7 Å². The minimum atomic E-state index is 1.26. The van der Waals surface area contributed by atoms with Gasteiger partial charge in [-0.15, -0.1) is 0 Å². The summed E-state index contributed by atoms with van der Waals surface area (Å²) in [7, 11) is 0. The summed E-state index contributed by atoms with van der Waals surface area (Å²) in [6, 6.07) is 10.8. The van der Waals surface area contributed by atoms with E-state index in [9.17, 15) is 0 Å². The third-order valence-electron chi connectivity index (χ3n) is 2.51. The Balaban J connectivity index is 1.99. The molecule has 0 aliphatic heterocycles. The summed E-state index contributed by atoms with van der Waals surface area (Å²) < 4.78 is 0. The second-order valence-corrected chi connectivity index (χ2v) is 5.00. The molecule has 0 fully saturated rings. The summed E-state index contributed by atoms with van der Waals surface area (Å²) in [6.07, 6.45) is 8.33. The summed E-state index contributed by atoms with van der Waals surface area (Å²) in [5.41, 5.74) is 1.49. The van der Waals surface area contributed by atoms with Gasteiger partial charge in [0.25, 0.3) is 0 Å². The molecule has 0 saturated carbocycles. The molecule has 0 N–H and O–H groups in total. The van der Waals surface area contributed by atoms with Crippen LogP contribution in [0.5, 0.6) is 0 Å². The van der Waals surface area contributed by atoms with Gasteiger partial charge in [-0.2, -0.15) is 0 Å². The number of unbranched alkanes of at least 4 members (excludes halogenated alkanes) is 4. The first-order valence-electron chi connectivity index (χ1n) is 5.67. The van der Waals surface area contributed by atoms with Crippen LogP contribution in [-0.2, 0) is 6.42 Å². The molecule has 1 rings (SSSR count). The van der Waals surface area contributed by atoms with E-state index in [0.717, 1.165) is 0 Å². The molecule has 0 amide bonds. The first-order valence-corrected chi connectivity index (χ1v) is 7.39. The topological polar surface area (TPSA) is 0 Å². The second-order valence-electron chi connectivity index (χ2n) is 3.79. The Morgan fingerprint density at radius 1 is 0.786 bits per heavy atom. The van der Waals surface area contributed by atoms with Gasteiger partial charge in [0.2, 0.25) is 0 Å². The van der Waals surface area contributed by atoms with Crippen molar-refractivity contribution in [2.75, 3.05) is 0 Å². The van der Waals surface area contributed by atoms with Gasteiger partial charge >= 0.3 is 96.5 Å².